The molecule has 0 spiro atoms. The topological polar surface area (TPSA) is 37.0 Å². The third kappa shape index (κ3) is 2.25. The lowest BCUT2D eigenvalue weighted by molar-refractivity contribution is 0.0769. The van der Waals surface area contributed by atoms with Gasteiger partial charge in [-0.25, -0.2) is 0 Å². The van der Waals surface area contributed by atoms with Crippen molar-refractivity contribution in [2.45, 2.75) is 6.04 Å². The zero-order valence-corrected chi connectivity index (χ0v) is 9.65. The molecule has 88 valence electrons. The van der Waals surface area contributed by atoms with Gasteiger partial charge in [-0.1, -0.05) is 18.2 Å². The van der Waals surface area contributed by atoms with Crippen LogP contribution in [0.2, 0.25) is 0 Å². The molecule has 1 saturated heterocycles. The minimum absolute atomic E-state index is 0.322. The molecule has 0 bridgehead atoms. The maximum Gasteiger partial charge on any atom is 0.0662 e. The lowest BCUT2D eigenvalue weighted by atomic mass is 10.0. The molecule has 1 aliphatic rings. The number of aromatic nitrogens is 1. The van der Waals surface area contributed by atoms with Gasteiger partial charge in [-0.15, -0.1) is 0 Å². The first kappa shape index (κ1) is 10.6. The van der Waals surface area contributed by atoms with E-state index in [4.69, 9.17) is 4.74 Å². The Hall–Kier alpha value is -1.58. The van der Waals surface area contributed by atoms with E-state index in [-0.39, 0.29) is 0 Å². The third-order valence-electron chi connectivity index (χ3n) is 3.14. The van der Waals surface area contributed by atoms with Crippen LogP contribution in [0.5, 0.6) is 0 Å². The molecule has 3 nitrogen and oxygen atoms in total. The summed E-state index contributed by atoms with van der Waals surface area (Å²) < 4.78 is 5.50. The highest BCUT2D eigenvalue weighted by atomic mass is 16.5. The summed E-state index contributed by atoms with van der Waals surface area (Å²) in [5, 5.41) is 3.48. The zero-order chi connectivity index (χ0) is 11.5. The van der Waals surface area contributed by atoms with Crippen molar-refractivity contribution in [3.63, 3.8) is 0 Å². The quantitative estimate of drug-likeness (QED) is 0.827. The monoisotopic (exact) mass is 228 g/mol. The number of rotatable bonds is 2. The van der Waals surface area contributed by atoms with Crippen LogP contribution in [0, 0.1) is 0 Å². The minimum Gasteiger partial charge on any atom is -0.378 e. The highest BCUT2D eigenvalue weighted by Gasteiger charge is 2.15. The van der Waals surface area contributed by atoms with Crippen molar-refractivity contribution in [1.29, 1.82) is 0 Å². The summed E-state index contributed by atoms with van der Waals surface area (Å²) in [5.74, 6) is 0. The summed E-state index contributed by atoms with van der Waals surface area (Å²) in [5.41, 5.74) is 3.77. The third-order valence-corrected chi connectivity index (χ3v) is 3.14. The molecule has 1 atom stereocenters. The Morgan fingerprint density at radius 2 is 2.18 bits per heavy atom. The van der Waals surface area contributed by atoms with Crippen molar-refractivity contribution in [2.24, 2.45) is 0 Å². The summed E-state index contributed by atoms with van der Waals surface area (Å²) >= 11 is 0. The van der Waals surface area contributed by atoms with Gasteiger partial charge in [-0.3, -0.25) is 0 Å². The molecule has 1 unspecified atom stereocenters. The molecule has 0 aliphatic carbocycles. The van der Waals surface area contributed by atoms with Crippen LogP contribution >= 0.6 is 0 Å². The standard InChI is InChI=1S/C14H16N2O/c1-2-11(13-4-5-15-9-13)8-12(3-1)14-10-17-7-6-16-14/h1-5,8-9,14-16H,6-7,10H2. The van der Waals surface area contributed by atoms with Crippen molar-refractivity contribution in [2.75, 3.05) is 19.8 Å². The Labute approximate surface area is 101 Å². The van der Waals surface area contributed by atoms with Gasteiger partial charge in [-0.2, -0.15) is 0 Å². The van der Waals surface area contributed by atoms with Crippen molar-refractivity contribution in [3.05, 3.63) is 48.3 Å². The van der Waals surface area contributed by atoms with Gasteiger partial charge in [0.25, 0.3) is 0 Å². The Bertz CT molecular complexity index is 473. The molecule has 0 radical (unpaired) electrons. The van der Waals surface area contributed by atoms with Crippen LogP contribution in [-0.4, -0.2) is 24.7 Å². The first-order valence-electron chi connectivity index (χ1n) is 5.98. The first-order valence-corrected chi connectivity index (χ1v) is 5.98. The molecule has 1 aromatic heterocycles. The molecule has 3 rings (SSSR count). The fourth-order valence-electron chi connectivity index (χ4n) is 2.22. The number of hydrogen-bond acceptors (Lipinski definition) is 2. The molecule has 1 aromatic carbocycles. The summed E-state index contributed by atoms with van der Waals surface area (Å²) in [6.45, 7) is 2.50. The number of aromatic amines is 1. The second kappa shape index (κ2) is 4.73. The smallest absolute Gasteiger partial charge is 0.0662 e. The van der Waals surface area contributed by atoms with Gasteiger partial charge in [0.05, 0.1) is 19.3 Å². The molecule has 3 heteroatoms. The number of H-pyrrole nitrogens is 1. The molecular weight excluding hydrogens is 212 g/mol. The van der Waals surface area contributed by atoms with Crippen LogP contribution in [0.3, 0.4) is 0 Å². The summed E-state index contributed by atoms with van der Waals surface area (Å²) in [6, 6.07) is 11.0. The van der Waals surface area contributed by atoms with E-state index in [9.17, 15) is 0 Å². The van der Waals surface area contributed by atoms with E-state index in [0.717, 1.165) is 19.8 Å². The van der Waals surface area contributed by atoms with Crippen molar-refractivity contribution in [1.82, 2.24) is 10.3 Å². The van der Waals surface area contributed by atoms with Crippen LogP contribution in [0.4, 0.5) is 0 Å². The Balaban J connectivity index is 1.88. The fraction of sp³-hybridized carbons (Fsp3) is 0.286. The second-order valence-electron chi connectivity index (χ2n) is 4.31. The maximum absolute atomic E-state index is 5.50. The molecule has 2 heterocycles. The summed E-state index contributed by atoms with van der Waals surface area (Å²) in [6.07, 6.45) is 3.97. The summed E-state index contributed by atoms with van der Waals surface area (Å²) in [4.78, 5) is 3.09. The van der Waals surface area contributed by atoms with E-state index < -0.39 is 0 Å². The number of hydrogen-bond donors (Lipinski definition) is 2. The van der Waals surface area contributed by atoms with Crippen LogP contribution in [-0.2, 0) is 4.74 Å². The Morgan fingerprint density at radius 3 is 2.94 bits per heavy atom. The first-order chi connectivity index (χ1) is 8.43. The van der Waals surface area contributed by atoms with Gasteiger partial charge in [0.2, 0.25) is 0 Å². The van der Waals surface area contributed by atoms with E-state index in [1.807, 2.05) is 12.4 Å². The minimum atomic E-state index is 0.322. The Morgan fingerprint density at radius 1 is 1.18 bits per heavy atom. The SMILES string of the molecule is c1cc(-c2cc[nH]c2)cc(C2COCCN2)c1. The second-order valence-corrected chi connectivity index (χ2v) is 4.31. The van der Waals surface area contributed by atoms with E-state index >= 15 is 0 Å². The van der Waals surface area contributed by atoms with E-state index in [1.165, 1.54) is 16.7 Å². The molecule has 1 fully saturated rings. The van der Waals surface area contributed by atoms with Gasteiger partial charge < -0.3 is 15.0 Å². The molecule has 0 saturated carbocycles. The Kier molecular flexibility index (Phi) is 2.94. The van der Waals surface area contributed by atoms with E-state index in [1.54, 1.807) is 0 Å². The largest absolute Gasteiger partial charge is 0.378 e. The molecular formula is C14H16N2O. The van der Waals surface area contributed by atoms with E-state index in [0.29, 0.717) is 6.04 Å². The van der Waals surface area contributed by atoms with Crippen LogP contribution in [0.1, 0.15) is 11.6 Å². The predicted molar refractivity (Wildman–Crippen MR) is 67.8 cm³/mol. The van der Waals surface area contributed by atoms with Crippen LogP contribution in [0.25, 0.3) is 11.1 Å². The number of nitrogens with one attached hydrogen (secondary N) is 2. The molecule has 0 amide bonds. The van der Waals surface area contributed by atoms with Gasteiger partial charge in [0, 0.05) is 18.9 Å². The average molecular weight is 228 g/mol. The van der Waals surface area contributed by atoms with Crippen molar-refractivity contribution >= 4 is 0 Å². The number of morpholine rings is 1. The van der Waals surface area contributed by atoms with Gasteiger partial charge in [-0.05, 0) is 28.8 Å². The van der Waals surface area contributed by atoms with Crippen molar-refractivity contribution in [3.8, 4) is 11.1 Å². The van der Waals surface area contributed by atoms with Crippen LogP contribution < -0.4 is 5.32 Å². The highest BCUT2D eigenvalue weighted by Crippen LogP contribution is 2.23. The van der Waals surface area contributed by atoms with Gasteiger partial charge in [0.1, 0.15) is 0 Å². The van der Waals surface area contributed by atoms with Crippen molar-refractivity contribution < 1.29 is 4.74 Å². The molecule has 1 aliphatic heterocycles. The highest BCUT2D eigenvalue weighted by molar-refractivity contribution is 5.63. The fourth-order valence-corrected chi connectivity index (χ4v) is 2.22. The average Bonchev–Trinajstić information content (AvgIpc) is 2.94. The lowest BCUT2D eigenvalue weighted by Gasteiger charge is -2.24. The molecule has 17 heavy (non-hydrogen) atoms. The molecule has 2 N–H and O–H groups in total. The number of ether oxygens (including phenoxy) is 1. The normalized spacial score (nSPS) is 20.4. The summed E-state index contributed by atoms with van der Waals surface area (Å²) in [7, 11) is 0. The zero-order valence-electron chi connectivity index (χ0n) is 9.65. The lowest BCUT2D eigenvalue weighted by Crippen LogP contribution is -2.34. The van der Waals surface area contributed by atoms with E-state index in [2.05, 4.69) is 40.6 Å². The maximum atomic E-state index is 5.50. The molecule has 2 aromatic rings. The van der Waals surface area contributed by atoms with Gasteiger partial charge >= 0.3 is 0 Å². The number of benzene rings is 1. The predicted octanol–water partition coefficient (Wildman–Crippen LogP) is 2.34. The van der Waals surface area contributed by atoms with Gasteiger partial charge in [0.15, 0.2) is 0 Å². The van der Waals surface area contributed by atoms with Crippen LogP contribution in [0.15, 0.2) is 42.7 Å².